The molecule has 5 rings (SSSR count). The van der Waals surface area contributed by atoms with Crippen LogP contribution >= 0.6 is 0 Å². The molecule has 26 heavy (non-hydrogen) atoms. The Morgan fingerprint density at radius 1 is 1.08 bits per heavy atom. The number of nitrogens with zero attached hydrogens (tertiary/aromatic N) is 3. The lowest BCUT2D eigenvalue weighted by Crippen LogP contribution is -2.32. The standard InChI is InChI=1S/C21H20N4O/c1-2-6-18-16(5-1)9-15(11-23-18)10-22-12-17-13-26-14-21-24-19-7-3-4-8-20(19)25(17)21/h1-9,11,17,22H,10,12-14H2. The van der Waals surface area contributed by atoms with E-state index in [9.17, 15) is 0 Å². The fourth-order valence-electron chi connectivity index (χ4n) is 3.71. The summed E-state index contributed by atoms with van der Waals surface area (Å²) in [4.78, 5) is 9.24. The maximum absolute atomic E-state index is 5.76. The summed E-state index contributed by atoms with van der Waals surface area (Å²) >= 11 is 0. The molecule has 1 aliphatic heterocycles. The maximum atomic E-state index is 5.76. The topological polar surface area (TPSA) is 52.0 Å². The van der Waals surface area contributed by atoms with E-state index in [-0.39, 0.29) is 6.04 Å². The van der Waals surface area contributed by atoms with Crippen molar-refractivity contribution in [3.05, 3.63) is 72.2 Å². The molecule has 1 atom stereocenters. The SMILES string of the molecule is c1ccc2ncc(CNCC3COCc4nc5ccccc5n43)cc2c1. The number of aromatic nitrogens is 3. The van der Waals surface area contributed by atoms with Gasteiger partial charge in [-0.15, -0.1) is 0 Å². The van der Waals surface area contributed by atoms with Gasteiger partial charge in [0.1, 0.15) is 12.4 Å². The minimum absolute atomic E-state index is 0.250. The second kappa shape index (κ2) is 6.52. The normalized spacial score (nSPS) is 16.8. The Labute approximate surface area is 151 Å². The molecular formula is C21H20N4O. The zero-order chi connectivity index (χ0) is 17.3. The summed E-state index contributed by atoms with van der Waals surface area (Å²) < 4.78 is 8.09. The zero-order valence-corrected chi connectivity index (χ0v) is 14.4. The van der Waals surface area contributed by atoms with Crippen LogP contribution in [0.3, 0.4) is 0 Å². The van der Waals surface area contributed by atoms with Crippen molar-refractivity contribution in [3.63, 3.8) is 0 Å². The van der Waals surface area contributed by atoms with Crippen molar-refractivity contribution in [2.75, 3.05) is 13.2 Å². The van der Waals surface area contributed by atoms with Crippen molar-refractivity contribution >= 4 is 21.9 Å². The van der Waals surface area contributed by atoms with Crippen LogP contribution in [0.1, 0.15) is 17.4 Å². The van der Waals surface area contributed by atoms with Gasteiger partial charge in [0.05, 0.1) is 29.2 Å². The molecular weight excluding hydrogens is 324 g/mol. The van der Waals surface area contributed by atoms with Gasteiger partial charge >= 0.3 is 0 Å². The largest absolute Gasteiger partial charge is 0.371 e. The zero-order valence-electron chi connectivity index (χ0n) is 14.4. The molecule has 0 fully saturated rings. The molecule has 0 saturated heterocycles. The lowest BCUT2D eigenvalue weighted by atomic mass is 10.1. The summed E-state index contributed by atoms with van der Waals surface area (Å²) in [7, 11) is 0. The minimum Gasteiger partial charge on any atom is -0.371 e. The molecule has 5 nitrogen and oxygen atoms in total. The van der Waals surface area contributed by atoms with E-state index in [0.29, 0.717) is 13.2 Å². The fraction of sp³-hybridized carbons (Fsp3) is 0.238. The number of ether oxygens (including phenoxy) is 1. The lowest BCUT2D eigenvalue weighted by molar-refractivity contribution is 0.0564. The number of para-hydroxylation sites is 3. The number of hydrogen-bond acceptors (Lipinski definition) is 4. The van der Waals surface area contributed by atoms with E-state index in [1.165, 1.54) is 16.5 Å². The lowest BCUT2D eigenvalue weighted by Gasteiger charge is -2.26. The Kier molecular flexibility index (Phi) is 3.88. The highest BCUT2D eigenvalue weighted by molar-refractivity contribution is 5.78. The van der Waals surface area contributed by atoms with Crippen LogP contribution in [0.4, 0.5) is 0 Å². The molecule has 0 amide bonds. The Morgan fingerprint density at radius 2 is 1.92 bits per heavy atom. The average Bonchev–Trinajstić information content (AvgIpc) is 3.07. The molecule has 2 aromatic carbocycles. The summed E-state index contributed by atoms with van der Waals surface area (Å²) in [6.07, 6.45) is 1.95. The number of benzene rings is 2. The van der Waals surface area contributed by atoms with Gasteiger partial charge in [-0.1, -0.05) is 30.3 Å². The van der Waals surface area contributed by atoms with E-state index >= 15 is 0 Å². The van der Waals surface area contributed by atoms with Crippen molar-refractivity contribution in [2.45, 2.75) is 19.2 Å². The molecule has 1 unspecified atom stereocenters. The number of rotatable bonds is 4. The smallest absolute Gasteiger partial charge is 0.136 e. The first kappa shape index (κ1) is 15.5. The summed E-state index contributed by atoms with van der Waals surface area (Å²) in [6.45, 7) is 2.91. The van der Waals surface area contributed by atoms with Gasteiger partial charge in [-0.3, -0.25) is 4.98 Å². The molecule has 130 valence electrons. The Hall–Kier alpha value is -2.76. The molecule has 1 N–H and O–H groups in total. The van der Waals surface area contributed by atoms with Crippen LogP contribution in [0.5, 0.6) is 0 Å². The third-order valence-electron chi connectivity index (χ3n) is 4.93. The number of hydrogen-bond donors (Lipinski definition) is 1. The molecule has 1 aliphatic rings. The van der Waals surface area contributed by atoms with Gasteiger partial charge in [0.25, 0.3) is 0 Å². The minimum atomic E-state index is 0.250. The van der Waals surface area contributed by atoms with Crippen LogP contribution in [0.2, 0.25) is 0 Å². The molecule has 4 aromatic rings. The van der Waals surface area contributed by atoms with E-state index in [1.807, 2.05) is 30.5 Å². The molecule has 0 saturated carbocycles. The van der Waals surface area contributed by atoms with Crippen LogP contribution in [-0.2, 0) is 17.9 Å². The molecule has 0 bridgehead atoms. The summed E-state index contributed by atoms with van der Waals surface area (Å²) in [6, 6.07) is 19.0. The fourth-order valence-corrected chi connectivity index (χ4v) is 3.71. The number of pyridine rings is 1. The molecule has 0 radical (unpaired) electrons. The van der Waals surface area contributed by atoms with Crippen molar-refractivity contribution in [3.8, 4) is 0 Å². The van der Waals surface area contributed by atoms with E-state index in [1.54, 1.807) is 0 Å². The number of fused-ring (bicyclic) bond motifs is 4. The second-order valence-electron chi connectivity index (χ2n) is 6.72. The van der Waals surface area contributed by atoms with Crippen molar-refractivity contribution in [1.29, 1.82) is 0 Å². The van der Waals surface area contributed by atoms with Crippen molar-refractivity contribution in [2.24, 2.45) is 0 Å². The van der Waals surface area contributed by atoms with E-state index in [0.717, 1.165) is 29.9 Å². The predicted octanol–water partition coefficient (Wildman–Crippen LogP) is 3.45. The molecule has 5 heteroatoms. The van der Waals surface area contributed by atoms with Crippen molar-refractivity contribution < 1.29 is 4.74 Å². The summed E-state index contributed by atoms with van der Waals surface area (Å²) in [5, 5.41) is 4.74. The Balaban J connectivity index is 1.33. The monoisotopic (exact) mass is 344 g/mol. The Bertz CT molecular complexity index is 1070. The van der Waals surface area contributed by atoms with E-state index in [2.05, 4.69) is 45.2 Å². The summed E-state index contributed by atoms with van der Waals surface area (Å²) in [5.41, 5.74) is 4.45. The molecule has 0 aliphatic carbocycles. The van der Waals surface area contributed by atoms with Gasteiger partial charge in [0, 0.05) is 24.7 Å². The Morgan fingerprint density at radius 3 is 2.88 bits per heavy atom. The van der Waals surface area contributed by atoms with Crippen LogP contribution in [0, 0.1) is 0 Å². The first-order valence-corrected chi connectivity index (χ1v) is 8.96. The van der Waals surface area contributed by atoms with E-state index in [4.69, 9.17) is 9.72 Å². The van der Waals surface area contributed by atoms with Crippen LogP contribution in [0.15, 0.2) is 60.8 Å². The quantitative estimate of drug-likeness (QED) is 0.616. The highest BCUT2D eigenvalue weighted by Crippen LogP contribution is 2.25. The number of imidazole rings is 1. The van der Waals surface area contributed by atoms with E-state index < -0.39 is 0 Å². The van der Waals surface area contributed by atoms with Crippen LogP contribution < -0.4 is 5.32 Å². The van der Waals surface area contributed by atoms with Crippen molar-refractivity contribution in [1.82, 2.24) is 19.9 Å². The molecule has 3 heterocycles. The van der Waals surface area contributed by atoms with Gasteiger partial charge in [0.15, 0.2) is 0 Å². The van der Waals surface area contributed by atoms with Gasteiger partial charge < -0.3 is 14.6 Å². The molecule has 2 aromatic heterocycles. The average molecular weight is 344 g/mol. The molecule has 0 spiro atoms. The van der Waals surface area contributed by atoms with Crippen LogP contribution in [0.25, 0.3) is 21.9 Å². The van der Waals surface area contributed by atoms with Gasteiger partial charge in [-0.05, 0) is 29.8 Å². The van der Waals surface area contributed by atoms with Gasteiger partial charge in [0.2, 0.25) is 0 Å². The predicted molar refractivity (Wildman–Crippen MR) is 102 cm³/mol. The highest BCUT2D eigenvalue weighted by Gasteiger charge is 2.23. The first-order chi connectivity index (χ1) is 12.9. The van der Waals surface area contributed by atoms with Gasteiger partial charge in [-0.2, -0.15) is 0 Å². The highest BCUT2D eigenvalue weighted by atomic mass is 16.5. The number of nitrogens with one attached hydrogen (secondary N) is 1. The third-order valence-corrected chi connectivity index (χ3v) is 4.93. The third kappa shape index (κ3) is 2.75. The summed E-state index contributed by atoms with van der Waals surface area (Å²) in [5.74, 6) is 1.01. The van der Waals surface area contributed by atoms with Crippen LogP contribution in [-0.4, -0.2) is 27.7 Å². The second-order valence-corrected chi connectivity index (χ2v) is 6.72. The maximum Gasteiger partial charge on any atom is 0.136 e. The van der Waals surface area contributed by atoms with Gasteiger partial charge in [-0.25, -0.2) is 4.98 Å². The first-order valence-electron chi connectivity index (χ1n) is 8.96.